The van der Waals surface area contributed by atoms with E-state index in [1.165, 1.54) is 28.9 Å². The number of aromatic hydroxyl groups is 1. The number of esters is 1. The lowest BCUT2D eigenvalue weighted by Gasteiger charge is -2.37. The smallest absolute Gasteiger partial charge is 0.327 e. The third-order valence-corrected chi connectivity index (χ3v) is 10.4. The summed E-state index contributed by atoms with van der Waals surface area (Å²) in [5.74, 6) is 7.01. The number of anilines is 1. The Labute approximate surface area is 263 Å². The molecule has 3 N–H and O–H groups in total. The number of nitrogens with zero attached hydrogens (tertiary/aromatic N) is 5. The lowest BCUT2D eigenvalue weighted by atomic mass is 9.75. The number of nitrogens with two attached hydrogens (primary N) is 1. The fraction of sp³-hybridized carbons (Fsp3) is 0.394. The number of azo groups is 1. The number of hydrogen-bond donors (Lipinski definition) is 2. The Balaban J connectivity index is 1.42. The van der Waals surface area contributed by atoms with Crippen molar-refractivity contribution in [1.29, 1.82) is 0 Å². The number of phenols is 1. The van der Waals surface area contributed by atoms with Gasteiger partial charge in [0, 0.05) is 10.8 Å². The topological polar surface area (TPSA) is 152 Å². The standard InChI is InChI=1S/C33H40N6O5S/c1-20(2)26-15-10-21(3)18-31(26)44-32(41)19-38(33-22(4)39(34)23(5)35-33)45(42,43)25-13-11-24(12-14-25)36-37-29-16-17-30(40)28-9-7-6-8-27(28)29/h6-9,11-14,16-17,20-21,26,31,40H,10,15,18-19,34H2,1-5H3/t21-,26-,31+/m0/s1. The van der Waals surface area contributed by atoms with Gasteiger partial charge in [0.1, 0.15) is 24.2 Å². The van der Waals surface area contributed by atoms with Crippen LogP contribution in [0.15, 0.2) is 75.8 Å². The van der Waals surface area contributed by atoms with Crippen LogP contribution in [-0.4, -0.2) is 41.8 Å². The number of sulfonamides is 1. The summed E-state index contributed by atoms with van der Waals surface area (Å²) >= 11 is 0. The van der Waals surface area contributed by atoms with E-state index in [4.69, 9.17) is 10.6 Å². The Hall–Kier alpha value is -4.45. The van der Waals surface area contributed by atoms with Gasteiger partial charge in [0.15, 0.2) is 5.82 Å². The number of hydrogen-bond acceptors (Lipinski definition) is 9. The van der Waals surface area contributed by atoms with Gasteiger partial charge in [0.2, 0.25) is 0 Å². The van der Waals surface area contributed by atoms with Crippen LogP contribution in [0.5, 0.6) is 5.75 Å². The largest absolute Gasteiger partial charge is 0.507 e. The normalized spacial score (nSPS) is 18.9. The lowest BCUT2D eigenvalue weighted by Crippen LogP contribution is -2.41. The number of rotatable bonds is 9. The Bertz CT molecular complexity index is 1830. The molecule has 0 radical (unpaired) electrons. The maximum Gasteiger partial charge on any atom is 0.327 e. The third kappa shape index (κ3) is 6.65. The van der Waals surface area contributed by atoms with Crippen LogP contribution in [0, 0.1) is 31.6 Å². The highest BCUT2D eigenvalue weighted by Crippen LogP contribution is 2.36. The highest BCUT2D eigenvalue weighted by molar-refractivity contribution is 7.92. The third-order valence-electron chi connectivity index (χ3n) is 8.63. The summed E-state index contributed by atoms with van der Waals surface area (Å²) < 4.78 is 36.4. The van der Waals surface area contributed by atoms with Crippen LogP contribution in [0.4, 0.5) is 17.2 Å². The average Bonchev–Trinajstić information content (AvgIpc) is 3.26. The first-order valence-electron chi connectivity index (χ1n) is 15.1. The van der Waals surface area contributed by atoms with Gasteiger partial charge in [-0.3, -0.25) is 4.79 Å². The van der Waals surface area contributed by atoms with Gasteiger partial charge in [0.25, 0.3) is 10.0 Å². The minimum absolute atomic E-state index is 0.0562. The first-order valence-corrected chi connectivity index (χ1v) is 16.6. The zero-order valence-corrected chi connectivity index (χ0v) is 27.0. The van der Waals surface area contributed by atoms with Crippen molar-refractivity contribution in [1.82, 2.24) is 9.66 Å². The van der Waals surface area contributed by atoms with Gasteiger partial charge in [-0.2, -0.15) is 5.11 Å². The number of carbonyl (C=O) groups is 1. The predicted octanol–water partition coefficient (Wildman–Crippen LogP) is 6.69. The highest BCUT2D eigenvalue weighted by Gasteiger charge is 2.36. The van der Waals surface area contributed by atoms with E-state index in [-0.39, 0.29) is 28.5 Å². The number of carbonyl (C=O) groups excluding carboxylic acids is 1. The molecule has 3 atom stereocenters. The Morgan fingerprint density at radius 3 is 2.40 bits per heavy atom. The van der Waals surface area contributed by atoms with Gasteiger partial charge in [-0.05, 0) is 80.8 Å². The van der Waals surface area contributed by atoms with Crippen molar-refractivity contribution in [3.8, 4) is 5.75 Å². The summed E-state index contributed by atoms with van der Waals surface area (Å²) in [6.45, 7) is 9.14. The van der Waals surface area contributed by atoms with Crippen molar-refractivity contribution in [2.24, 2.45) is 28.0 Å². The van der Waals surface area contributed by atoms with E-state index >= 15 is 0 Å². The van der Waals surface area contributed by atoms with E-state index in [0.717, 1.165) is 29.0 Å². The maximum atomic E-state index is 14.1. The summed E-state index contributed by atoms with van der Waals surface area (Å²) in [7, 11) is -4.27. The van der Waals surface area contributed by atoms with Crippen LogP contribution in [0.1, 0.15) is 51.6 Å². The van der Waals surface area contributed by atoms with E-state index in [1.54, 1.807) is 32.0 Å². The Morgan fingerprint density at radius 2 is 1.76 bits per heavy atom. The van der Waals surface area contributed by atoms with Gasteiger partial charge in [0.05, 0.1) is 22.0 Å². The second-order valence-electron chi connectivity index (χ2n) is 12.1. The number of fused-ring (bicyclic) bond motifs is 1. The molecule has 1 fully saturated rings. The van der Waals surface area contributed by atoms with E-state index < -0.39 is 22.5 Å². The highest BCUT2D eigenvalue weighted by atomic mass is 32.2. The van der Waals surface area contributed by atoms with E-state index in [2.05, 4.69) is 36.0 Å². The Kier molecular flexibility index (Phi) is 9.15. The molecule has 0 amide bonds. The first-order chi connectivity index (χ1) is 21.4. The number of aromatic nitrogens is 2. The van der Waals surface area contributed by atoms with E-state index in [1.807, 2.05) is 18.2 Å². The lowest BCUT2D eigenvalue weighted by molar-refractivity contribution is -0.153. The van der Waals surface area contributed by atoms with Crippen molar-refractivity contribution >= 4 is 44.0 Å². The molecule has 0 saturated heterocycles. The molecule has 1 heterocycles. The molecule has 1 aliphatic carbocycles. The van der Waals surface area contributed by atoms with Crippen LogP contribution in [-0.2, 0) is 19.6 Å². The van der Waals surface area contributed by atoms with Crippen molar-refractivity contribution in [3.05, 3.63) is 72.2 Å². The number of aryl methyl sites for hydroxylation is 1. The van der Waals surface area contributed by atoms with Gasteiger partial charge >= 0.3 is 5.97 Å². The van der Waals surface area contributed by atoms with Gasteiger partial charge < -0.3 is 15.7 Å². The molecule has 4 aromatic rings. The van der Waals surface area contributed by atoms with Gasteiger partial charge in [-0.15, -0.1) is 5.11 Å². The number of ether oxygens (including phenoxy) is 1. The minimum atomic E-state index is -4.27. The van der Waals surface area contributed by atoms with Crippen molar-refractivity contribution < 1.29 is 23.1 Å². The molecule has 1 saturated carbocycles. The molecule has 0 bridgehead atoms. The van der Waals surface area contributed by atoms with E-state index in [9.17, 15) is 18.3 Å². The molecule has 1 aliphatic rings. The average molecular weight is 633 g/mol. The zero-order chi connectivity index (χ0) is 32.5. The molecule has 12 heteroatoms. The molecule has 1 aromatic heterocycles. The minimum Gasteiger partial charge on any atom is -0.507 e. The molecule has 0 unspecified atom stereocenters. The van der Waals surface area contributed by atoms with Crippen LogP contribution in [0.3, 0.4) is 0 Å². The fourth-order valence-corrected chi connectivity index (χ4v) is 7.41. The fourth-order valence-electron chi connectivity index (χ4n) is 6.00. The summed E-state index contributed by atoms with van der Waals surface area (Å²) in [5.41, 5.74) is 1.36. The number of benzene rings is 3. The van der Waals surface area contributed by atoms with Crippen LogP contribution >= 0.6 is 0 Å². The van der Waals surface area contributed by atoms with Crippen LogP contribution in [0.25, 0.3) is 10.8 Å². The Morgan fingerprint density at radius 1 is 1.07 bits per heavy atom. The second-order valence-corrected chi connectivity index (χ2v) is 14.0. The zero-order valence-electron chi connectivity index (χ0n) is 26.2. The number of imidazole rings is 1. The molecule has 45 heavy (non-hydrogen) atoms. The quantitative estimate of drug-likeness (QED) is 0.118. The molecule has 3 aromatic carbocycles. The molecular weight excluding hydrogens is 592 g/mol. The van der Waals surface area contributed by atoms with E-state index in [0.29, 0.717) is 40.1 Å². The summed E-state index contributed by atoms with van der Waals surface area (Å²) in [6, 6.07) is 16.4. The van der Waals surface area contributed by atoms with Crippen LogP contribution < -0.4 is 10.1 Å². The molecule has 11 nitrogen and oxygen atoms in total. The number of nitrogen functional groups attached to an aromatic ring is 1. The first kappa shape index (κ1) is 32.0. The maximum absolute atomic E-state index is 14.1. The second kappa shape index (κ2) is 12.9. The number of phenolic OH excluding ortho intramolecular Hbond substituents is 1. The molecule has 5 rings (SSSR count). The molecule has 0 spiro atoms. The van der Waals surface area contributed by atoms with Crippen LogP contribution in [0.2, 0.25) is 0 Å². The van der Waals surface area contributed by atoms with Crippen molar-refractivity contribution in [3.63, 3.8) is 0 Å². The summed E-state index contributed by atoms with van der Waals surface area (Å²) in [4.78, 5) is 17.7. The molecule has 238 valence electrons. The molecular formula is C33H40N6O5S. The predicted molar refractivity (Wildman–Crippen MR) is 174 cm³/mol. The monoisotopic (exact) mass is 632 g/mol. The van der Waals surface area contributed by atoms with Crippen molar-refractivity contribution in [2.45, 2.75) is 64.9 Å². The van der Waals surface area contributed by atoms with Crippen molar-refractivity contribution in [2.75, 3.05) is 16.7 Å². The SMILES string of the molecule is Cc1nc(N(CC(=O)O[C@@H]2C[C@@H](C)CC[C@H]2C(C)C)S(=O)(=O)c2ccc(N=Nc3ccc(O)c4ccccc34)cc2)c(C)n1N. The molecule has 0 aliphatic heterocycles. The van der Waals surface area contributed by atoms with Gasteiger partial charge in [-0.25, -0.2) is 22.4 Å². The summed E-state index contributed by atoms with van der Waals surface area (Å²) in [5, 5.41) is 20.1. The summed E-state index contributed by atoms with van der Waals surface area (Å²) in [6.07, 6.45) is 2.50. The van der Waals surface area contributed by atoms with Gasteiger partial charge in [-0.1, -0.05) is 51.5 Å².